The fourth-order valence-electron chi connectivity index (χ4n) is 2.50. The Morgan fingerprint density at radius 2 is 2.30 bits per heavy atom. The molecule has 0 unspecified atom stereocenters. The number of ether oxygens (including phenoxy) is 1. The van der Waals surface area contributed by atoms with Crippen LogP contribution in [-0.2, 0) is 4.74 Å². The third-order valence-electron chi connectivity index (χ3n) is 3.39. The van der Waals surface area contributed by atoms with Crippen molar-refractivity contribution in [3.63, 3.8) is 0 Å². The number of aromatic nitrogens is 1. The lowest BCUT2D eigenvalue weighted by molar-refractivity contribution is 0.0527. The Bertz CT molecular complexity index is 620. The summed E-state index contributed by atoms with van der Waals surface area (Å²) in [6.45, 7) is 5.83. The summed E-state index contributed by atoms with van der Waals surface area (Å²) in [6.07, 6.45) is 1.65. The van der Waals surface area contributed by atoms with E-state index in [1.54, 1.807) is 17.5 Å². The number of carbonyl (C=O) groups is 1. The van der Waals surface area contributed by atoms with Crippen molar-refractivity contribution in [2.45, 2.75) is 6.92 Å². The van der Waals surface area contributed by atoms with E-state index in [-0.39, 0.29) is 5.97 Å². The van der Waals surface area contributed by atoms with Crippen LogP contribution >= 0.6 is 11.3 Å². The van der Waals surface area contributed by atoms with Gasteiger partial charge in [-0.05, 0) is 18.4 Å². The van der Waals surface area contributed by atoms with Gasteiger partial charge in [0.25, 0.3) is 0 Å². The van der Waals surface area contributed by atoms with Gasteiger partial charge >= 0.3 is 5.97 Å². The average Bonchev–Trinajstić information content (AvgIpc) is 2.95. The van der Waals surface area contributed by atoms with Crippen molar-refractivity contribution < 1.29 is 9.53 Å². The van der Waals surface area contributed by atoms with E-state index in [2.05, 4.69) is 15.2 Å². The highest BCUT2D eigenvalue weighted by Crippen LogP contribution is 2.33. The van der Waals surface area contributed by atoms with Gasteiger partial charge in [-0.25, -0.2) is 9.78 Å². The Labute approximate surface area is 121 Å². The number of carbonyl (C=O) groups excluding carboxylic acids is 1. The standard InChI is InChI=1S/C14H17N3O2S/c1-2-19-14(18)11-9-16-13-10(3-8-20-13)12(11)17-6-4-15-5-7-17/h3,8-9,15H,2,4-7H2,1H3. The molecule has 106 valence electrons. The Balaban J connectivity index is 2.10. The van der Waals surface area contributed by atoms with E-state index in [0.717, 1.165) is 42.1 Å². The summed E-state index contributed by atoms with van der Waals surface area (Å²) in [4.78, 5) is 19.8. The van der Waals surface area contributed by atoms with Gasteiger partial charge in [0, 0.05) is 37.8 Å². The first kappa shape index (κ1) is 13.3. The Morgan fingerprint density at radius 1 is 1.50 bits per heavy atom. The second-order valence-corrected chi connectivity index (χ2v) is 5.51. The van der Waals surface area contributed by atoms with E-state index in [9.17, 15) is 4.79 Å². The molecule has 6 heteroatoms. The van der Waals surface area contributed by atoms with E-state index in [1.807, 2.05) is 18.4 Å². The normalized spacial score (nSPS) is 15.6. The molecular weight excluding hydrogens is 274 g/mol. The Hall–Kier alpha value is -1.66. The third-order valence-corrected chi connectivity index (χ3v) is 4.22. The van der Waals surface area contributed by atoms with Gasteiger partial charge in [-0.1, -0.05) is 0 Å². The highest BCUT2D eigenvalue weighted by atomic mass is 32.1. The van der Waals surface area contributed by atoms with Gasteiger partial charge in [0.05, 0.1) is 12.3 Å². The van der Waals surface area contributed by atoms with Crippen LogP contribution < -0.4 is 10.2 Å². The first-order chi connectivity index (χ1) is 9.81. The third kappa shape index (κ3) is 2.36. The second-order valence-electron chi connectivity index (χ2n) is 4.62. The molecule has 0 spiro atoms. The lowest BCUT2D eigenvalue weighted by atomic mass is 10.1. The number of piperazine rings is 1. The summed E-state index contributed by atoms with van der Waals surface area (Å²) in [5, 5.41) is 6.39. The number of hydrogen-bond acceptors (Lipinski definition) is 6. The van der Waals surface area contributed by atoms with Crippen LogP contribution in [0.25, 0.3) is 10.2 Å². The summed E-state index contributed by atoms with van der Waals surface area (Å²) in [7, 11) is 0. The summed E-state index contributed by atoms with van der Waals surface area (Å²) >= 11 is 1.59. The fourth-order valence-corrected chi connectivity index (χ4v) is 3.24. The predicted octanol–water partition coefficient (Wildman–Crippen LogP) is 1.88. The van der Waals surface area contributed by atoms with Crippen LogP contribution in [0, 0.1) is 0 Å². The first-order valence-corrected chi connectivity index (χ1v) is 7.68. The molecule has 1 N–H and O–H groups in total. The van der Waals surface area contributed by atoms with Crippen molar-refractivity contribution >= 4 is 33.2 Å². The number of nitrogens with one attached hydrogen (secondary N) is 1. The molecule has 1 aliphatic rings. The molecular formula is C14H17N3O2S. The van der Waals surface area contributed by atoms with Crippen LogP contribution in [0.15, 0.2) is 17.6 Å². The minimum absolute atomic E-state index is 0.290. The van der Waals surface area contributed by atoms with E-state index in [1.165, 1.54) is 0 Å². The molecule has 0 atom stereocenters. The highest BCUT2D eigenvalue weighted by Gasteiger charge is 2.22. The van der Waals surface area contributed by atoms with Crippen molar-refractivity contribution in [1.29, 1.82) is 0 Å². The van der Waals surface area contributed by atoms with E-state index in [0.29, 0.717) is 12.2 Å². The first-order valence-electron chi connectivity index (χ1n) is 6.80. The van der Waals surface area contributed by atoms with Crippen LogP contribution in [0.5, 0.6) is 0 Å². The second kappa shape index (κ2) is 5.76. The van der Waals surface area contributed by atoms with Gasteiger partial charge in [-0.2, -0.15) is 0 Å². The van der Waals surface area contributed by atoms with Crippen molar-refractivity contribution in [3.05, 3.63) is 23.2 Å². The number of anilines is 1. The molecule has 1 fully saturated rings. The minimum atomic E-state index is -0.290. The van der Waals surface area contributed by atoms with Crippen molar-refractivity contribution in [2.75, 3.05) is 37.7 Å². The van der Waals surface area contributed by atoms with Crippen LogP contribution in [0.3, 0.4) is 0 Å². The van der Waals surface area contributed by atoms with Crippen LogP contribution in [0.2, 0.25) is 0 Å². The zero-order valence-electron chi connectivity index (χ0n) is 11.4. The van der Waals surface area contributed by atoms with Crippen molar-refractivity contribution in [3.8, 4) is 0 Å². The molecule has 0 radical (unpaired) electrons. The predicted molar refractivity (Wildman–Crippen MR) is 80.7 cm³/mol. The van der Waals surface area contributed by atoms with E-state index < -0.39 is 0 Å². The molecule has 1 saturated heterocycles. The maximum absolute atomic E-state index is 12.2. The highest BCUT2D eigenvalue weighted by molar-refractivity contribution is 7.16. The maximum Gasteiger partial charge on any atom is 0.341 e. The number of fused-ring (bicyclic) bond motifs is 1. The molecule has 1 aliphatic heterocycles. The number of esters is 1. The van der Waals surface area contributed by atoms with Crippen LogP contribution in [0.1, 0.15) is 17.3 Å². The molecule has 5 nitrogen and oxygen atoms in total. The summed E-state index contributed by atoms with van der Waals surface area (Å²) in [5.41, 5.74) is 1.54. The molecule has 0 saturated carbocycles. The average molecular weight is 291 g/mol. The number of pyridine rings is 1. The van der Waals surface area contributed by atoms with E-state index >= 15 is 0 Å². The smallest absolute Gasteiger partial charge is 0.341 e. The number of rotatable bonds is 3. The topological polar surface area (TPSA) is 54.5 Å². The van der Waals surface area contributed by atoms with Gasteiger partial charge in [0.1, 0.15) is 10.4 Å². The quantitative estimate of drug-likeness (QED) is 0.875. The number of thiophene rings is 1. The molecule has 3 rings (SSSR count). The summed E-state index contributed by atoms with van der Waals surface area (Å²) in [5.74, 6) is -0.290. The van der Waals surface area contributed by atoms with Gasteiger partial charge < -0.3 is 15.0 Å². The lowest BCUT2D eigenvalue weighted by Crippen LogP contribution is -2.44. The van der Waals surface area contributed by atoms with Crippen molar-refractivity contribution in [1.82, 2.24) is 10.3 Å². The largest absolute Gasteiger partial charge is 0.462 e. The van der Waals surface area contributed by atoms with E-state index in [4.69, 9.17) is 4.74 Å². The van der Waals surface area contributed by atoms with Gasteiger partial charge in [0.15, 0.2) is 0 Å². The summed E-state index contributed by atoms with van der Waals surface area (Å²) < 4.78 is 5.17. The van der Waals surface area contributed by atoms with Crippen molar-refractivity contribution in [2.24, 2.45) is 0 Å². The van der Waals surface area contributed by atoms with Gasteiger partial charge in [-0.15, -0.1) is 11.3 Å². The van der Waals surface area contributed by atoms with Gasteiger partial charge in [-0.3, -0.25) is 0 Å². The molecule has 20 heavy (non-hydrogen) atoms. The fraction of sp³-hybridized carbons (Fsp3) is 0.429. The molecule has 3 heterocycles. The zero-order valence-corrected chi connectivity index (χ0v) is 12.2. The van der Waals surface area contributed by atoms with Gasteiger partial charge in [0.2, 0.25) is 0 Å². The Morgan fingerprint density at radius 3 is 3.05 bits per heavy atom. The summed E-state index contributed by atoms with van der Waals surface area (Å²) in [6, 6.07) is 2.03. The molecule has 0 aliphatic carbocycles. The Kier molecular flexibility index (Phi) is 3.84. The molecule has 0 bridgehead atoms. The SMILES string of the molecule is CCOC(=O)c1cnc2sccc2c1N1CCNCC1. The zero-order chi connectivity index (χ0) is 13.9. The molecule has 0 aromatic carbocycles. The monoisotopic (exact) mass is 291 g/mol. The maximum atomic E-state index is 12.2. The minimum Gasteiger partial charge on any atom is -0.462 e. The lowest BCUT2D eigenvalue weighted by Gasteiger charge is -2.31. The number of nitrogens with zero attached hydrogens (tertiary/aromatic N) is 2. The van der Waals surface area contributed by atoms with Crippen LogP contribution in [0.4, 0.5) is 5.69 Å². The molecule has 2 aromatic heterocycles. The number of hydrogen-bond donors (Lipinski definition) is 1. The molecule has 2 aromatic rings. The molecule has 0 amide bonds. The van der Waals surface area contributed by atoms with Crippen LogP contribution in [-0.4, -0.2) is 43.7 Å².